The first-order valence-electron chi connectivity index (χ1n) is 6.56. The van der Waals surface area contributed by atoms with Crippen molar-refractivity contribution in [2.24, 2.45) is 5.41 Å². The van der Waals surface area contributed by atoms with Gasteiger partial charge in [0.2, 0.25) is 0 Å². The summed E-state index contributed by atoms with van der Waals surface area (Å²) in [5, 5.41) is 0. The van der Waals surface area contributed by atoms with Gasteiger partial charge in [-0.1, -0.05) is 6.42 Å². The van der Waals surface area contributed by atoms with Crippen LogP contribution >= 0.6 is 0 Å². The molecule has 1 aromatic heterocycles. The minimum atomic E-state index is 0.725. The van der Waals surface area contributed by atoms with Gasteiger partial charge in [-0.3, -0.25) is 4.98 Å². The lowest BCUT2D eigenvalue weighted by molar-refractivity contribution is 0.0904. The molecule has 4 rings (SSSR count). The van der Waals surface area contributed by atoms with Gasteiger partial charge >= 0.3 is 0 Å². The summed E-state index contributed by atoms with van der Waals surface area (Å²) in [6, 6.07) is 4.50. The third-order valence-electron chi connectivity index (χ3n) is 4.59. The molecule has 1 aromatic rings. The molecule has 1 saturated heterocycles. The Labute approximate surface area is 96.7 Å². The van der Waals surface area contributed by atoms with Crippen LogP contribution in [-0.2, 0) is 0 Å². The van der Waals surface area contributed by atoms with Crippen LogP contribution in [0.2, 0.25) is 0 Å². The molecule has 0 unspecified atom stereocenters. The number of pyridine rings is 1. The molecular weight excluding hydrogens is 196 g/mol. The average Bonchev–Trinajstić information content (AvgIpc) is 2.96. The first kappa shape index (κ1) is 9.03. The number of anilines is 1. The van der Waals surface area contributed by atoms with Crippen molar-refractivity contribution in [2.45, 2.75) is 38.0 Å². The molecule has 3 fully saturated rings. The predicted octanol–water partition coefficient (Wildman–Crippen LogP) is 2.95. The van der Waals surface area contributed by atoms with Crippen LogP contribution in [0.3, 0.4) is 0 Å². The number of aromatic nitrogens is 1. The Balaban J connectivity index is 1.52. The van der Waals surface area contributed by atoms with Crippen LogP contribution in [0, 0.1) is 5.41 Å². The van der Waals surface area contributed by atoms with Crippen molar-refractivity contribution in [1.82, 2.24) is 4.98 Å². The normalized spacial score (nSPS) is 26.4. The van der Waals surface area contributed by atoms with Crippen molar-refractivity contribution >= 4 is 5.69 Å². The monoisotopic (exact) mass is 214 g/mol. The van der Waals surface area contributed by atoms with E-state index >= 15 is 0 Å². The van der Waals surface area contributed by atoms with Crippen molar-refractivity contribution in [3.8, 4) is 0 Å². The second-order valence-corrected chi connectivity index (χ2v) is 5.92. The van der Waals surface area contributed by atoms with E-state index in [0.29, 0.717) is 0 Å². The molecule has 2 heteroatoms. The van der Waals surface area contributed by atoms with Crippen LogP contribution in [0.25, 0.3) is 0 Å². The first-order chi connectivity index (χ1) is 7.85. The maximum absolute atomic E-state index is 4.49. The molecule has 0 N–H and O–H groups in total. The van der Waals surface area contributed by atoms with Crippen molar-refractivity contribution < 1.29 is 0 Å². The van der Waals surface area contributed by atoms with Gasteiger partial charge in [-0.25, -0.2) is 0 Å². The van der Waals surface area contributed by atoms with Gasteiger partial charge in [-0.05, 0) is 37.8 Å². The molecule has 3 aliphatic rings. The van der Waals surface area contributed by atoms with E-state index in [0.717, 1.165) is 11.3 Å². The summed E-state index contributed by atoms with van der Waals surface area (Å²) in [7, 11) is 0. The second-order valence-electron chi connectivity index (χ2n) is 5.92. The summed E-state index contributed by atoms with van der Waals surface area (Å²) in [5.41, 5.74) is 3.46. The highest BCUT2D eigenvalue weighted by Gasteiger charge is 2.47. The predicted molar refractivity (Wildman–Crippen MR) is 64.7 cm³/mol. The van der Waals surface area contributed by atoms with Gasteiger partial charge in [0.1, 0.15) is 0 Å². The Bertz CT molecular complexity index is 410. The molecule has 16 heavy (non-hydrogen) atoms. The van der Waals surface area contributed by atoms with Gasteiger partial charge in [0.25, 0.3) is 0 Å². The van der Waals surface area contributed by atoms with Gasteiger partial charge in [-0.15, -0.1) is 0 Å². The molecule has 2 nitrogen and oxygen atoms in total. The summed E-state index contributed by atoms with van der Waals surface area (Å²) in [5.74, 6) is 0.777. The fourth-order valence-electron chi connectivity index (χ4n) is 3.17. The van der Waals surface area contributed by atoms with E-state index in [9.17, 15) is 0 Å². The fraction of sp³-hybridized carbons (Fsp3) is 0.643. The Morgan fingerprint density at radius 1 is 1.25 bits per heavy atom. The quantitative estimate of drug-likeness (QED) is 0.752. The Morgan fingerprint density at radius 3 is 2.69 bits per heavy atom. The zero-order chi connectivity index (χ0) is 10.6. The molecule has 0 amide bonds. The Kier molecular flexibility index (Phi) is 1.69. The average molecular weight is 214 g/mol. The van der Waals surface area contributed by atoms with Gasteiger partial charge in [-0.2, -0.15) is 0 Å². The summed E-state index contributed by atoms with van der Waals surface area (Å²) < 4.78 is 0. The molecule has 0 atom stereocenters. The molecule has 2 heterocycles. The van der Waals surface area contributed by atoms with E-state index in [1.54, 1.807) is 0 Å². The first-order valence-corrected chi connectivity index (χ1v) is 6.56. The Hall–Kier alpha value is -1.05. The van der Waals surface area contributed by atoms with E-state index in [1.165, 1.54) is 56.6 Å². The summed E-state index contributed by atoms with van der Waals surface area (Å²) in [6.07, 6.45) is 9.07. The molecule has 2 saturated carbocycles. The molecule has 1 aliphatic heterocycles. The van der Waals surface area contributed by atoms with Crippen LogP contribution in [0.4, 0.5) is 5.69 Å². The van der Waals surface area contributed by atoms with Crippen LogP contribution < -0.4 is 4.90 Å². The maximum atomic E-state index is 4.49. The van der Waals surface area contributed by atoms with Crippen LogP contribution in [0.5, 0.6) is 0 Å². The molecule has 1 spiro atoms. The minimum Gasteiger partial charge on any atom is -0.370 e. The van der Waals surface area contributed by atoms with Gasteiger partial charge < -0.3 is 4.90 Å². The van der Waals surface area contributed by atoms with Crippen LogP contribution in [-0.4, -0.2) is 18.1 Å². The van der Waals surface area contributed by atoms with Crippen LogP contribution in [0.1, 0.15) is 43.7 Å². The Morgan fingerprint density at radius 2 is 2.06 bits per heavy atom. The van der Waals surface area contributed by atoms with E-state index in [-0.39, 0.29) is 0 Å². The summed E-state index contributed by atoms with van der Waals surface area (Å²) >= 11 is 0. The van der Waals surface area contributed by atoms with Gasteiger partial charge in [0, 0.05) is 42.0 Å². The molecule has 0 bridgehead atoms. The number of hydrogen-bond acceptors (Lipinski definition) is 2. The van der Waals surface area contributed by atoms with Crippen molar-refractivity contribution in [3.63, 3.8) is 0 Å². The molecular formula is C14H18N2. The standard InChI is InChI=1S/C14H18N2/c1-5-14(6-1)9-16(10-14)12-4-7-15-13(8-12)11-2-3-11/h4,7-8,11H,1-3,5-6,9-10H2. The van der Waals surface area contributed by atoms with Crippen molar-refractivity contribution in [1.29, 1.82) is 0 Å². The zero-order valence-corrected chi connectivity index (χ0v) is 9.65. The highest BCUT2D eigenvalue weighted by Crippen LogP contribution is 2.49. The third-order valence-corrected chi connectivity index (χ3v) is 4.59. The molecule has 2 aliphatic carbocycles. The maximum Gasteiger partial charge on any atom is 0.0455 e. The van der Waals surface area contributed by atoms with Gasteiger partial charge in [0.15, 0.2) is 0 Å². The lowest BCUT2D eigenvalue weighted by Gasteiger charge is -2.57. The lowest BCUT2D eigenvalue weighted by atomic mass is 9.63. The summed E-state index contributed by atoms with van der Waals surface area (Å²) in [6.45, 7) is 2.59. The lowest BCUT2D eigenvalue weighted by Crippen LogP contribution is -2.59. The highest BCUT2D eigenvalue weighted by atomic mass is 15.2. The topological polar surface area (TPSA) is 16.1 Å². The van der Waals surface area contributed by atoms with E-state index in [1.807, 2.05) is 6.20 Å². The molecule has 0 radical (unpaired) electrons. The molecule has 0 aromatic carbocycles. The minimum absolute atomic E-state index is 0.725. The van der Waals surface area contributed by atoms with Crippen LogP contribution in [0.15, 0.2) is 18.3 Å². The van der Waals surface area contributed by atoms with E-state index in [2.05, 4.69) is 22.0 Å². The summed E-state index contributed by atoms with van der Waals surface area (Å²) in [4.78, 5) is 7.02. The highest BCUT2D eigenvalue weighted by molar-refractivity contribution is 5.51. The number of hydrogen-bond donors (Lipinski definition) is 0. The largest absolute Gasteiger partial charge is 0.370 e. The number of rotatable bonds is 2. The molecule has 84 valence electrons. The third kappa shape index (κ3) is 1.28. The SMILES string of the molecule is c1cc(N2CC3(CCC3)C2)cc(C2CC2)n1. The van der Waals surface area contributed by atoms with E-state index < -0.39 is 0 Å². The van der Waals surface area contributed by atoms with Gasteiger partial charge in [0.05, 0.1) is 0 Å². The van der Waals surface area contributed by atoms with Crippen molar-refractivity contribution in [2.75, 3.05) is 18.0 Å². The second kappa shape index (κ2) is 2.99. The van der Waals surface area contributed by atoms with E-state index in [4.69, 9.17) is 0 Å². The van der Waals surface area contributed by atoms with Crippen molar-refractivity contribution in [3.05, 3.63) is 24.0 Å². The zero-order valence-electron chi connectivity index (χ0n) is 9.65. The fourth-order valence-corrected chi connectivity index (χ4v) is 3.17. The number of nitrogens with zero attached hydrogens (tertiary/aromatic N) is 2. The smallest absolute Gasteiger partial charge is 0.0455 e.